The van der Waals surface area contributed by atoms with Gasteiger partial charge in [-0.3, -0.25) is 23.9 Å². The van der Waals surface area contributed by atoms with Gasteiger partial charge in [-0.2, -0.15) is 0 Å². The van der Waals surface area contributed by atoms with Crippen LogP contribution in [-0.2, 0) is 16.1 Å². The minimum Gasteiger partial charge on any atom is -0.354 e. The standard InChI is InChI=1S/C11H14N4O4/c16-8-2-1-7(5-12-8)13-10(18)6-15-4-3-9(17)14-11(15)19/h3-4,7H,1-2,5-6H2,(H,12,16)(H,13,18)(H,14,17,19). The molecule has 2 amide bonds. The number of hydrogen-bond acceptors (Lipinski definition) is 4. The molecule has 1 aromatic heterocycles. The first-order valence-electron chi connectivity index (χ1n) is 5.90. The van der Waals surface area contributed by atoms with Gasteiger partial charge < -0.3 is 10.6 Å². The molecule has 102 valence electrons. The van der Waals surface area contributed by atoms with E-state index in [1.807, 2.05) is 0 Å². The smallest absolute Gasteiger partial charge is 0.328 e. The first-order chi connectivity index (χ1) is 9.04. The molecule has 1 saturated heterocycles. The van der Waals surface area contributed by atoms with Crippen LogP contribution in [0.5, 0.6) is 0 Å². The second-order valence-electron chi connectivity index (χ2n) is 4.35. The molecule has 0 spiro atoms. The monoisotopic (exact) mass is 266 g/mol. The Morgan fingerprint density at radius 3 is 2.84 bits per heavy atom. The van der Waals surface area contributed by atoms with Crippen molar-refractivity contribution >= 4 is 11.8 Å². The third kappa shape index (κ3) is 3.54. The minimum absolute atomic E-state index is 0.0256. The van der Waals surface area contributed by atoms with Gasteiger partial charge in [0, 0.05) is 31.3 Å². The lowest BCUT2D eigenvalue weighted by atomic mass is 10.1. The highest BCUT2D eigenvalue weighted by molar-refractivity contribution is 5.78. The van der Waals surface area contributed by atoms with E-state index in [4.69, 9.17) is 0 Å². The summed E-state index contributed by atoms with van der Waals surface area (Å²) in [6.07, 6.45) is 2.23. The maximum atomic E-state index is 11.7. The van der Waals surface area contributed by atoms with Gasteiger partial charge in [0.1, 0.15) is 6.54 Å². The van der Waals surface area contributed by atoms with Crippen LogP contribution in [0.3, 0.4) is 0 Å². The number of carbonyl (C=O) groups is 2. The first-order valence-corrected chi connectivity index (χ1v) is 5.90. The zero-order valence-electron chi connectivity index (χ0n) is 10.1. The van der Waals surface area contributed by atoms with E-state index in [1.54, 1.807) is 0 Å². The van der Waals surface area contributed by atoms with E-state index in [2.05, 4.69) is 15.6 Å². The van der Waals surface area contributed by atoms with Gasteiger partial charge in [0.25, 0.3) is 5.56 Å². The Morgan fingerprint density at radius 1 is 1.42 bits per heavy atom. The summed E-state index contributed by atoms with van der Waals surface area (Å²) in [6.45, 7) is 0.227. The van der Waals surface area contributed by atoms with Crippen LogP contribution >= 0.6 is 0 Å². The van der Waals surface area contributed by atoms with E-state index in [9.17, 15) is 19.2 Å². The van der Waals surface area contributed by atoms with E-state index >= 15 is 0 Å². The molecule has 8 nitrogen and oxygen atoms in total. The molecule has 2 rings (SSSR count). The lowest BCUT2D eigenvalue weighted by Crippen LogP contribution is -2.49. The number of rotatable bonds is 3. The van der Waals surface area contributed by atoms with Crippen LogP contribution in [0.25, 0.3) is 0 Å². The molecule has 3 N–H and O–H groups in total. The maximum Gasteiger partial charge on any atom is 0.328 e. The fourth-order valence-corrected chi connectivity index (χ4v) is 1.85. The summed E-state index contributed by atoms with van der Waals surface area (Å²) in [6, 6.07) is 1.05. The molecule has 0 aliphatic carbocycles. The Balaban J connectivity index is 1.92. The molecule has 1 unspecified atom stereocenters. The van der Waals surface area contributed by atoms with Crippen LogP contribution < -0.4 is 21.9 Å². The third-order valence-corrected chi connectivity index (χ3v) is 2.84. The number of nitrogens with one attached hydrogen (secondary N) is 3. The van der Waals surface area contributed by atoms with E-state index < -0.39 is 11.2 Å². The van der Waals surface area contributed by atoms with Gasteiger partial charge in [-0.25, -0.2) is 4.79 Å². The van der Waals surface area contributed by atoms with Crippen LogP contribution in [0.4, 0.5) is 0 Å². The van der Waals surface area contributed by atoms with Gasteiger partial charge in [-0.15, -0.1) is 0 Å². The van der Waals surface area contributed by atoms with Crippen molar-refractivity contribution in [1.82, 2.24) is 20.2 Å². The molecule has 19 heavy (non-hydrogen) atoms. The average molecular weight is 266 g/mol. The summed E-state index contributed by atoms with van der Waals surface area (Å²) in [5.41, 5.74) is -1.13. The van der Waals surface area contributed by atoms with Crippen LogP contribution in [0.1, 0.15) is 12.8 Å². The molecule has 2 heterocycles. The van der Waals surface area contributed by atoms with Crippen LogP contribution in [0.2, 0.25) is 0 Å². The molecule has 1 atom stereocenters. The summed E-state index contributed by atoms with van der Waals surface area (Å²) in [7, 11) is 0. The molecule has 0 radical (unpaired) electrons. The van der Waals surface area contributed by atoms with E-state index in [0.717, 1.165) is 4.57 Å². The van der Waals surface area contributed by atoms with E-state index in [0.29, 0.717) is 19.4 Å². The van der Waals surface area contributed by atoms with Crippen molar-refractivity contribution in [3.63, 3.8) is 0 Å². The van der Waals surface area contributed by atoms with Crippen molar-refractivity contribution in [3.05, 3.63) is 33.1 Å². The Hall–Kier alpha value is -2.38. The molecule has 1 fully saturated rings. The van der Waals surface area contributed by atoms with Gasteiger partial charge in [0.15, 0.2) is 0 Å². The highest BCUT2D eigenvalue weighted by atomic mass is 16.2. The predicted molar refractivity (Wildman–Crippen MR) is 65.5 cm³/mol. The molecular formula is C11H14N4O4. The number of carbonyl (C=O) groups excluding carboxylic acids is 2. The predicted octanol–water partition coefficient (Wildman–Crippen LogP) is -2.07. The minimum atomic E-state index is -0.625. The fourth-order valence-electron chi connectivity index (χ4n) is 1.85. The van der Waals surface area contributed by atoms with Gasteiger partial charge in [0.05, 0.1) is 0 Å². The molecule has 0 saturated carbocycles. The highest BCUT2D eigenvalue weighted by Crippen LogP contribution is 2.02. The van der Waals surface area contributed by atoms with Crippen LogP contribution in [0.15, 0.2) is 21.9 Å². The fraction of sp³-hybridized carbons (Fsp3) is 0.455. The van der Waals surface area contributed by atoms with E-state index in [1.165, 1.54) is 12.3 Å². The summed E-state index contributed by atoms with van der Waals surface area (Å²) in [4.78, 5) is 47.0. The Kier molecular flexibility index (Phi) is 3.79. The summed E-state index contributed by atoms with van der Waals surface area (Å²) < 4.78 is 1.11. The van der Waals surface area contributed by atoms with E-state index in [-0.39, 0.29) is 24.4 Å². The second-order valence-corrected chi connectivity index (χ2v) is 4.35. The molecular weight excluding hydrogens is 252 g/mol. The molecule has 0 bridgehead atoms. The van der Waals surface area contributed by atoms with Crippen molar-refractivity contribution < 1.29 is 9.59 Å². The zero-order valence-corrected chi connectivity index (χ0v) is 10.1. The van der Waals surface area contributed by atoms with Crippen molar-refractivity contribution in [3.8, 4) is 0 Å². The number of aromatic nitrogens is 2. The van der Waals surface area contributed by atoms with Crippen LogP contribution in [-0.4, -0.2) is 34.0 Å². The lowest BCUT2D eigenvalue weighted by Gasteiger charge is -2.23. The lowest BCUT2D eigenvalue weighted by molar-refractivity contribution is -0.126. The Labute approximate surface area is 107 Å². The molecule has 1 aliphatic heterocycles. The first kappa shape index (κ1) is 13.1. The van der Waals surface area contributed by atoms with Gasteiger partial charge in [0.2, 0.25) is 11.8 Å². The largest absolute Gasteiger partial charge is 0.354 e. The second kappa shape index (κ2) is 5.51. The number of nitrogens with zero attached hydrogens (tertiary/aromatic N) is 1. The maximum absolute atomic E-state index is 11.7. The third-order valence-electron chi connectivity index (χ3n) is 2.84. The molecule has 1 aromatic rings. The number of amides is 2. The Morgan fingerprint density at radius 2 is 2.21 bits per heavy atom. The summed E-state index contributed by atoms with van der Waals surface area (Å²) >= 11 is 0. The van der Waals surface area contributed by atoms with Crippen molar-refractivity contribution in [2.24, 2.45) is 0 Å². The Bertz CT molecular complexity index is 593. The number of H-pyrrole nitrogens is 1. The van der Waals surface area contributed by atoms with Crippen LogP contribution in [0, 0.1) is 0 Å². The quantitative estimate of drug-likeness (QED) is 0.583. The number of piperidine rings is 1. The zero-order chi connectivity index (χ0) is 13.8. The SMILES string of the molecule is O=C1CCC(NC(=O)Cn2ccc(=O)[nH]c2=O)CN1. The number of hydrogen-bond donors (Lipinski definition) is 3. The molecule has 1 aliphatic rings. The highest BCUT2D eigenvalue weighted by Gasteiger charge is 2.19. The normalized spacial score (nSPS) is 18.7. The van der Waals surface area contributed by atoms with Gasteiger partial charge in [-0.05, 0) is 6.42 Å². The van der Waals surface area contributed by atoms with Crippen molar-refractivity contribution in [2.75, 3.05) is 6.54 Å². The van der Waals surface area contributed by atoms with Gasteiger partial charge in [-0.1, -0.05) is 0 Å². The molecule has 0 aromatic carbocycles. The summed E-state index contributed by atoms with van der Waals surface area (Å²) in [5.74, 6) is -0.363. The van der Waals surface area contributed by atoms with Crippen molar-refractivity contribution in [2.45, 2.75) is 25.4 Å². The topological polar surface area (TPSA) is 113 Å². The molecule has 8 heteroatoms. The number of aromatic amines is 1. The van der Waals surface area contributed by atoms with Crippen molar-refractivity contribution in [1.29, 1.82) is 0 Å². The summed E-state index contributed by atoms with van der Waals surface area (Å²) in [5, 5.41) is 5.37. The van der Waals surface area contributed by atoms with Gasteiger partial charge >= 0.3 is 5.69 Å². The average Bonchev–Trinajstić information content (AvgIpc) is 2.36.